The highest BCUT2D eigenvalue weighted by molar-refractivity contribution is 6.05. The molecule has 3 aromatic rings. The van der Waals surface area contributed by atoms with E-state index in [1.54, 1.807) is 11.0 Å². The zero-order valence-electron chi connectivity index (χ0n) is 21.6. The summed E-state index contributed by atoms with van der Waals surface area (Å²) >= 11 is 0. The molecule has 8 heteroatoms. The van der Waals surface area contributed by atoms with Crippen molar-refractivity contribution in [3.8, 4) is 11.5 Å². The van der Waals surface area contributed by atoms with Crippen LogP contribution in [0.1, 0.15) is 52.7 Å². The molecule has 1 unspecified atom stereocenters. The Balaban J connectivity index is 1.07. The Hall–Kier alpha value is -4.01. The van der Waals surface area contributed by atoms with E-state index in [2.05, 4.69) is 22.3 Å². The van der Waals surface area contributed by atoms with Gasteiger partial charge in [0.15, 0.2) is 0 Å². The zero-order valence-corrected chi connectivity index (χ0v) is 21.6. The van der Waals surface area contributed by atoms with Gasteiger partial charge in [0.25, 0.3) is 5.91 Å². The van der Waals surface area contributed by atoms with Gasteiger partial charge < -0.3 is 14.7 Å². The molecule has 3 aromatic carbocycles. The van der Waals surface area contributed by atoms with Crippen molar-refractivity contribution in [2.75, 3.05) is 13.1 Å². The lowest BCUT2D eigenvalue weighted by Crippen LogP contribution is -2.52. The second-order valence-electron chi connectivity index (χ2n) is 10.6. The van der Waals surface area contributed by atoms with Crippen LogP contribution in [0.15, 0.2) is 72.8 Å². The van der Waals surface area contributed by atoms with Crippen molar-refractivity contribution in [3.63, 3.8) is 0 Å². The normalized spacial score (nSPS) is 21.0. The van der Waals surface area contributed by atoms with Gasteiger partial charge >= 0.3 is 0 Å². The predicted octanol–water partition coefficient (Wildman–Crippen LogP) is 3.72. The van der Waals surface area contributed by atoms with E-state index in [0.717, 1.165) is 42.3 Å². The second kappa shape index (κ2) is 10.3. The van der Waals surface area contributed by atoms with E-state index in [9.17, 15) is 19.5 Å². The molecular weight excluding hydrogens is 494 g/mol. The fraction of sp³-hybridized carbons (Fsp3) is 0.323. The number of hydrogen-bond acceptors (Lipinski definition) is 6. The van der Waals surface area contributed by atoms with Crippen molar-refractivity contribution in [2.45, 2.75) is 50.4 Å². The van der Waals surface area contributed by atoms with Crippen LogP contribution in [0.4, 0.5) is 0 Å². The molecule has 1 atom stereocenters. The third-order valence-corrected chi connectivity index (χ3v) is 8.05. The summed E-state index contributed by atoms with van der Waals surface area (Å²) < 4.78 is 5.88. The van der Waals surface area contributed by atoms with Crippen LogP contribution < -0.4 is 10.1 Å². The first kappa shape index (κ1) is 25.3. The number of carbonyl (C=O) groups excluding carboxylic acids is 3. The predicted molar refractivity (Wildman–Crippen MR) is 144 cm³/mol. The molecule has 0 saturated carbocycles. The number of amides is 3. The minimum Gasteiger partial charge on any atom is -0.457 e. The van der Waals surface area contributed by atoms with Crippen molar-refractivity contribution < 1.29 is 24.2 Å². The molecule has 3 aliphatic heterocycles. The molecule has 3 amide bonds. The van der Waals surface area contributed by atoms with Crippen LogP contribution in [-0.4, -0.2) is 51.8 Å². The van der Waals surface area contributed by atoms with E-state index < -0.39 is 17.6 Å². The fourth-order valence-electron chi connectivity index (χ4n) is 5.78. The highest BCUT2D eigenvalue weighted by Crippen LogP contribution is 2.37. The molecule has 3 heterocycles. The van der Waals surface area contributed by atoms with E-state index in [1.165, 1.54) is 5.56 Å². The molecule has 6 rings (SSSR count). The van der Waals surface area contributed by atoms with Gasteiger partial charge in [-0.15, -0.1) is 0 Å². The molecule has 2 saturated heterocycles. The maximum absolute atomic E-state index is 13.0. The van der Waals surface area contributed by atoms with Gasteiger partial charge in [-0.1, -0.05) is 42.5 Å². The molecule has 200 valence electrons. The van der Waals surface area contributed by atoms with Crippen molar-refractivity contribution in [2.24, 2.45) is 0 Å². The Morgan fingerprint density at radius 3 is 2.36 bits per heavy atom. The molecule has 8 nitrogen and oxygen atoms in total. The van der Waals surface area contributed by atoms with Gasteiger partial charge in [0.1, 0.15) is 17.5 Å². The Morgan fingerprint density at radius 1 is 0.923 bits per heavy atom. The summed E-state index contributed by atoms with van der Waals surface area (Å²) in [5.41, 5.74) is 2.40. The van der Waals surface area contributed by atoms with Gasteiger partial charge in [-0.3, -0.25) is 24.6 Å². The topological polar surface area (TPSA) is 99.2 Å². The van der Waals surface area contributed by atoms with Crippen LogP contribution in [0, 0.1) is 0 Å². The van der Waals surface area contributed by atoms with Crippen molar-refractivity contribution in [1.82, 2.24) is 15.1 Å². The van der Waals surface area contributed by atoms with E-state index >= 15 is 0 Å². The highest BCUT2D eigenvalue weighted by Gasteiger charge is 2.40. The lowest BCUT2D eigenvalue weighted by molar-refractivity contribution is -0.136. The van der Waals surface area contributed by atoms with Gasteiger partial charge in [-0.05, 0) is 66.3 Å². The molecule has 0 aliphatic carbocycles. The van der Waals surface area contributed by atoms with Crippen LogP contribution in [0.2, 0.25) is 0 Å². The van der Waals surface area contributed by atoms with Gasteiger partial charge in [-0.25, -0.2) is 0 Å². The SMILES string of the molecule is O=C1CCC(N2Cc3cc(C4(O)CCN(Cc5ccc(Oc6ccccc6)cc5)CC4)ccc3C2=O)C(=O)N1. The van der Waals surface area contributed by atoms with Gasteiger partial charge in [0, 0.05) is 38.2 Å². The van der Waals surface area contributed by atoms with Crippen LogP contribution in [-0.2, 0) is 28.3 Å². The number of aliphatic hydroxyl groups is 1. The number of imide groups is 1. The van der Waals surface area contributed by atoms with E-state index in [4.69, 9.17) is 4.74 Å². The summed E-state index contributed by atoms with van der Waals surface area (Å²) in [5, 5.41) is 13.9. The van der Waals surface area contributed by atoms with Crippen LogP contribution in [0.25, 0.3) is 0 Å². The quantitative estimate of drug-likeness (QED) is 0.476. The Morgan fingerprint density at radius 2 is 1.64 bits per heavy atom. The molecule has 39 heavy (non-hydrogen) atoms. The smallest absolute Gasteiger partial charge is 0.255 e. The van der Waals surface area contributed by atoms with Gasteiger partial charge in [-0.2, -0.15) is 0 Å². The number of rotatable bonds is 6. The number of piperidine rings is 2. The first-order valence-corrected chi connectivity index (χ1v) is 13.4. The molecule has 0 bridgehead atoms. The third-order valence-electron chi connectivity index (χ3n) is 8.05. The average molecular weight is 526 g/mol. The number of fused-ring (bicyclic) bond motifs is 1. The Bertz CT molecular complexity index is 1400. The minimum absolute atomic E-state index is 0.201. The van der Waals surface area contributed by atoms with E-state index in [-0.39, 0.29) is 18.2 Å². The number of para-hydroxylation sites is 1. The standard InChI is InChI=1S/C31H31N3O5/c35-28-13-12-27(29(36)32-28)34-20-22-18-23(8-11-26(22)30(34)37)31(38)14-16-33(17-15-31)19-21-6-9-25(10-7-21)39-24-4-2-1-3-5-24/h1-11,18,27,38H,12-17,19-20H2,(H,32,35,36). The summed E-state index contributed by atoms with van der Waals surface area (Å²) in [6, 6.07) is 22.7. The summed E-state index contributed by atoms with van der Waals surface area (Å²) in [4.78, 5) is 40.7. The highest BCUT2D eigenvalue weighted by atomic mass is 16.5. The average Bonchev–Trinajstić information content (AvgIpc) is 3.27. The monoisotopic (exact) mass is 525 g/mol. The summed E-state index contributed by atoms with van der Waals surface area (Å²) in [5.74, 6) is 0.680. The molecule has 3 aliphatic rings. The summed E-state index contributed by atoms with van der Waals surface area (Å²) in [6.45, 7) is 2.59. The lowest BCUT2D eigenvalue weighted by Gasteiger charge is -2.38. The van der Waals surface area contributed by atoms with E-state index in [0.29, 0.717) is 31.4 Å². The molecule has 0 radical (unpaired) electrons. The molecule has 0 spiro atoms. The largest absolute Gasteiger partial charge is 0.457 e. The van der Waals surface area contributed by atoms with Crippen LogP contribution in [0.5, 0.6) is 11.5 Å². The number of ether oxygens (including phenoxy) is 1. The molecule has 2 fully saturated rings. The maximum Gasteiger partial charge on any atom is 0.255 e. The third kappa shape index (κ3) is 5.17. The first-order valence-electron chi connectivity index (χ1n) is 13.4. The fourth-order valence-corrected chi connectivity index (χ4v) is 5.78. The Labute approximate surface area is 227 Å². The summed E-state index contributed by atoms with van der Waals surface area (Å²) in [6.07, 6.45) is 1.74. The number of hydrogen-bond donors (Lipinski definition) is 2. The minimum atomic E-state index is -0.968. The van der Waals surface area contributed by atoms with Crippen molar-refractivity contribution >= 4 is 17.7 Å². The van der Waals surface area contributed by atoms with Gasteiger partial charge in [0.2, 0.25) is 11.8 Å². The van der Waals surface area contributed by atoms with Crippen molar-refractivity contribution in [1.29, 1.82) is 0 Å². The lowest BCUT2D eigenvalue weighted by atomic mass is 9.83. The van der Waals surface area contributed by atoms with Gasteiger partial charge in [0.05, 0.1) is 5.60 Å². The number of benzene rings is 3. The molecule has 0 aromatic heterocycles. The Kier molecular flexibility index (Phi) is 6.66. The van der Waals surface area contributed by atoms with E-state index in [1.807, 2.05) is 54.6 Å². The molecule has 2 N–H and O–H groups in total. The first-order chi connectivity index (χ1) is 18.9. The molecular formula is C31H31N3O5. The van der Waals surface area contributed by atoms with Crippen molar-refractivity contribution in [3.05, 3.63) is 95.1 Å². The number of nitrogens with one attached hydrogen (secondary N) is 1. The summed E-state index contributed by atoms with van der Waals surface area (Å²) in [7, 11) is 0. The number of likely N-dealkylation sites (tertiary alicyclic amines) is 1. The van der Waals surface area contributed by atoms with Crippen LogP contribution in [0.3, 0.4) is 0 Å². The zero-order chi connectivity index (χ0) is 27.0. The number of nitrogens with zero attached hydrogens (tertiary/aromatic N) is 2. The maximum atomic E-state index is 13.0. The number of carbonyl (C=O) groups is 3. The second-order valence-corrected chi connectivity index (χ2v) is 10.6. The van der Waals surface area contributed by atoms with Crippen LogP contribution >= 0.6 is 0 Å².